The molecule has 0 heterocycles. The van der Waals surface area contributed by atoms with E-state index in [1.807, 2.05) is 0 Å². The molecule has 0 amide bonds. The maximum absolute atomic E-state index is 14.0. The zero-order chi connectivity index (χ0) is 18.1. The Morgan fingerprint density at radius 2 is 1.44 bits per heavy atom. The van der Waals surface area contributed by atoms with Crippen LogP contribution >= 0.6 is 12.4 Å². The predicted molar refractivity (Wildman–Crippen MR) is 77.8 cm³/mol. The summed E-state index contributed by atoms with van der Waals surface area (Å²) in [6.07, 6.45) is -9.76. The number of halogens is 8. The molecule has 0 fully saturated rings. The number of ether oxygens (including phenoxy) is 1. The van der Waals surface area contributed by atoms with Gasteiger partial charge in [0.2, 0.25) is 0 Å². The van der Waals surface area contributed by atoms with E-state index >= 15 is 0 Å². The third-order valence-corrected chi connectivity index (χ3v) is 3.14. The first-order chi connectivity index (χ1) is 11.0. The zero-order valence-corrected chi connectivity index (χ0v) is 13.0. The molecule has 2 aromatic carbocycles. The predicted octanol–water partition coefficient (Wildman–Crippen LogP) is 5.21. The summed E-state index contributed by atoms with van der Waals surface area (Å²) >= 11 is 0. The van der Waals surface area contributed by atoms with Crippen LogP contribution in [-0.4, -0.2) is 6.36 Å². The first-order valence-corrected chi connectivity index (χ1v) is 6.46. The number of hydrogen-bond acceptors (Lipinski definition) is 2. The van der Waals surface area contributed by atoms with Crippen LogP contribution in [0.25, 0.3) is 0 Å². The molecule has 2 N–H and O–H groups in total. The highest BCUT2D eigenvalue weighted by atomic mass is 35.5. The van der Waals surface area contributed by atoms with Crippen molar-refractivity contribution in [3.05, 3.63) is 65.0 Å². The number of alkyl halides is 6. The summed E-state index contributed by atoms with van der Waals surface area (Å²) in [5, 5.41) is 0. The molecule has 0 aromatic heterocycles. The molecule has 0 saturated carbocycles. The van der Waals surface area contributed by atoms with E-state index in [0.717, 1.165) is 36.4 Å². The summed E-state index contributed by atoms with van der Waals surface area (Å²) in [6, 6.07) is 5.48. The minimum Gasteiger partial charge on any atom is -0.406 e. The van der Waals surface area contributed by atoms with E-state index in [4.69, 9.17) is 5.73 Å². The molecule has 2 nitrogen and oxygen atoms in total. The maximum Gasteiger partial charge on any atom is 0.573 e. The van der Waals surface area contributed by atoms with Crippen molar-refractivity contribution in [2.24, 2.45) is 5.73 Å². The topological polar surface area (TPSA) is 35.2 Å². The summed E-state index contributed by atoms with van der Waals surface area (Å²) in [4.78, 5) is 0. The van der Waals surface area contributed by atoms with Crippen molar-refractivity contribution in [2.75, 3.05) is 0 Å². The summed E-state index contributed by atoms with van der Waals surface area (Å²) < 4.78 is 92.0. The lowest BCUT2D eigenvalue weighted by atomic mass is 9.97. The van der Waals surface area contributed by atoms with Crippen LogP contribution in [0, 0.1) is 5.82 Å². The fourth-order valence-electron chi connectivity index (χ4n) is 2.07. The largest absolute Gasteiger partial charge is 0.573 e. The first-order valence-electron chi connectivity index (χ1n) is 6.46. The van der Waals surface area contributed by atoms with Gasteiger partial charge in [0.05, 0.1) is 11.6 Å². The van der Waals surface area contributed by atoms with Crippen LogP contribution in [0.5, 0.6) is 5.75 Å². The van der Waals surface area contributed by atoms with Gasteiger partial charge in [-0.25, -0.2) is 4.39 Å². The van der Waals surface area contributed by atoms with Gasteiger partial charge in [-0.2, -0.15) is 13.2 Å². The second kappa shape index (κ2) is 7.49. The Hall–Kier alpha value is -2.00. The van der Waals surface area contributed by atoms with Crippen LogP contribution in [0.15, 0.2) is 42.5 Å². The summed E-state index contributed by atoms with van der Waals surface area (Å²) in [5.41, 5.74) is 3.98. The highest BCUT2D eigenvalue weighted by molar-refractivity contribution is 5.85. The smallest absolute Gasteiger partial charge is 0.406 e. The van der Waals surface area contributed by atoms with Gasteiger partial charge in [0, 0.05) is 5.56 Å². The van der Waals surface area contributed by atoms with Gasteiger partial charge in [-0.3, -0.25) is 0 Å². The summed E-state index contributed by atoms with van der Waals surface area (Å²) in [5.74, 6) is -2.05. The van der Waals surface area contributed by atoms with Crippen molar-refractivity contribution in [1.29, 1.82) is 0 Å². The Balaban J connectivity index is 0.00000312. The highest BCUT2D eigenvalue weighted by Crippen LogP contribution is 2.35. The van der Waals surface area contributed by atoms with Crippen molar-refractivity contribution in [1.82, 2.24) is 0 Å². The standard InChI is InChI=1S/C15H10F7NO.ClH/c16-12-10(2-1-3-11(12)14(17,18)19)13(23)8-4-6-9(7-5-8)24-15(20,21)22;/h1-7,13H,23H2;1H/t13-;/m1./s1. The number of benzene rings is 2. The Morgan fingerprint density at radius 1 is 0.880 bits per heavy atom. The van der Waals surface area contributed by atoms with Gasteiger partial charge < -0.3 is 10.5 Å². The highest BCUT2D eigenvalue weighted by Gasteiger charge is 2.35. The van der Waals surface area contributed by atoms with Crippen molar-refractivity contribution in [3.8, 4) is 5.75 Å². The average Bonchev–Trinajstić information content (AvgIpc) is 2.44. The number of hydrogen-bond donors (Lipinski definition) is 1. The fourth-order valence-corrected chi connectivity index (χ4v) is 2.07. The van der Waals surface area contributed by atoms with E-state index in [0.29, 0.717) is 6.07 Å². The molecule has 25 heavy (non-hydrogen) atoms. The van der Waals surface area contributed by atoms with E-state index in [1.165, 1.54) is 0 Å². The van der Waals surface area contributed by atoms with Gasteiger partial charge in [0.25, 0.3) is 0 Å². The lowest BCUT2D eigenvalue weighted by molar-refractivity contribution is -0.274. The van der Waals surface area contributed by atoms with Crippen molar-refractivity contribution in [3.63, 3.8) is 0 Å². The SMILES string of the molecule is Cl.N[C@H](c1ccc(OC(F)(F)F)cc1)c1cccc(C(F)(F)F)c1F. The van der Waals surface area contributed by atoms with Crippen LogP contribution in [0.3, 0.4) is 0 Å². The van der Waals surface area contributed by atoms with Gasteiger partial charge in [0.1, 0.15) is 11.6 Å². The lowest BCUT2D eigenvalue weighted by Crippen LogP contribution is -2.18. The molecule has 0 aliphatic heterocycles. The molecule has 0 aliphatic rings. The van der Waals surface area contributed by atoms with Gasteiger partial charge in [0.15, 0.2) is 0 Å². The average molecular weight is 390 g/mol. The van der Waals surface area contributed by atoms with Gasteiger partial charge in [-0.05, 0) is 23.8 Å². The molecule has 0 radical (unpaired) electrons. The van der Waals surface area contributed by atoms with Crippen LogP contribution in [0.2, 0.25) is 0 Å². The van der Waals surface area contributed by atoms with E-state index in [2.05, 4.69) is 4.74 Å². The van der Waals surface area contributed by atoms with Crippen molar-refractivity contribution in [2.45, 2.75) is 18.6 Å². The molecular weight excluding hydrogens is 379 g/mol. The van der Waals surface area contributed by atoms with E-state index in [-0.39, 0.29) is 18.0 Å². The van der Waals surface area contributed by atoms with Gasteiger partial charge in [-0.1, -0.05) is 24.3 Å². The molecule has 0 aliphatic carbocycles. The van der Waals surface area contributed by atoms with Crippen LogP contribution in [0.1, 0.15) is 22.7 Å². The van der Waals surface area contributed by atoms with E-state index < -0.39 is 41.3 Å². The third-order valence-electron chi connectivity index (χ3n) is 3.14. The maximum atomic E-state index is 14.0. The Labute approximate surface area is 143 Å². The molecule has 2 aromatic rings. The Morgan fingerprint density at radius 3 is 1.92 bits per heavy atom. The Kier molecular flexibility index (Phi) is 6.30. The first kappa shape index (κ1) is 21.0. The minimum atomic E-state index is -4.88. The van der Waals surface area contributed by atoms with Crippen LogP contribution in [-0.2, 0) is 6.18 Å². The molecule has 0 bridgehead atoms. The van der Waals surface area contributed by atoms with Crippen LogP contribution in [0.4, 0.5) is 30.7 Å². The number of nitrogens with two attached hydrogens (primary N) is 1. The monoisotopic (exact) mass is 389 g/mol. The molecule has 0 unspecified atom stereocenters. The van der Waals surface area contributed by atoms with E-state index in [1.54, 1.807) is 0 Å². The molecule has 2 rings (SSSR count). The second-order valence-corrected chi connectivity index (χ2v) is 4.80. The molecule has 10 heteroatoms. The molecular formula is C15H11ClF7NO. The number of rotatable bonds is 3. The zero-order valence-electron chi connectivity index (χ0n) is 12.2. The fraction of sp³-hybridized carbons (Fsp3) is 0.200. The molecule has 138 valence electrons. The van der Waals surface area contributed by atoms with Crippen LogP contribution < -0.4 is 10.5 Å². The molecule has 1 atom stereocenters. The van der Waals surface area contributed by atoms with Gasteiger partial charge >= 0.3 is 12.5 Å². The second-order valence-electron chi connectivity index (χ2n) is 4.80. The van der Waals surface area contributed by atoms with Gasteiger partial charge in [-0.15, -0.1) is 25.6 Å². The van der Waals surface area contributed by atoms with E-state index in [9.17, 15) is 30.7 Å². The molecule has 0 spiro atoms. The normalized spacial score (nSPS) is 13.1. The Bertz CT molecular complexity index is 713. The summed E-state index contributed by atoms with van der Waals surface area (Å²) in [7, 11) is 0. The molecule has 0 saturated heterocycles. The minimum absolute atomic E-state index is 0. The lowest BCUT2D eigenvalue weighted by Gasteiger charge is -2.17. The summed E-state index contributed by atoms with van der Waals surface area (Å²) in [6.45, 7) is 0. The quantitative estimate of drug-likeness (QED) is 0.731. The third kappa shape index (κ3) is 5.23. The van der Waals surface area contributed by atoms with Crippen molar-refractivity contribution >= 4 is 12.4 Å². The van der Waals surface area contributed by atoms with Crippen molar-refractivity contribution < 1.29 is 35.5 Å².